The molecule has 8 nitrogen and oxygen atoms in total. The molecule has 0 atom stereocenters. The minimum atomic E-state index is 0. The zero-order valence-corrected chi connectivity index (χ0v) is 19.0. The molecule has 0 aliphatic carbocycles. The number of carbonyl (C=O) groups excluding carboxylic acids is 1. The monoisotopic (exact) mass is 518 g/mol. The summed E-state index contributed by atoms with van der Waals surface area (Å²) in [5.74, 6) is 2.00. The van der Waals surface area contributed by atoms with Crippen LogP contribution in [0.3, 0.4) is 0 Å². The van der Waals surface area contributed by atoms with E-state index in [4.69, 9.17) is 16.1 Å². The highest BCUT2D eigenvalue weighted by Crippen LogP contribution is 2.13. The van der Waals surface area contributed by atoms with Gasteiger partial charge in [-0.1, -0.05) is 28.9 Å². The number of piperazine rings is 1. The lowest BCUT2D eigenvalue weighted by Gasteiger charge is -2.36. The van der Waals surface area contributed by atoms with E-state index in [-0.39, 0.29) is 29.9 Å². The number of benzene rings is 1. The molecule has 1 N–H and O–H groups in total. The van der Waals surface area contributed by atoms with Gasteiger partial charge in [-0.2, -0.15) is 4.98 Å². The fraction of sp³-hybridized carbons (Fsp3) is 0.444. The number of aryl methyl sites for hydroxylation is 1. The van der Waals surface area contributed by atoms with Gasteiger partial charge < -0.3 is 19.6 Å². The predicted octanol–water partition coefficient (Wildman–Crippen LogP) is 2.11. The quantitative estimate of drug-likeness (QED) is 0.379. The number of amides is 1. The van der Waals surface area contributed by atoms with Crippen LogP contribution in [0.2, 0.25) is 5.02 Å². The molecular formula is C18H24ClIN6O2. The van der Waals surface area contributed by atoms with Crippen LogP contribution in [0.5, 0.6) is 0 Å². The minimum Gasteiger partial charge on any atom is -0.349 e. The molecule has 1 saturated heterocycles. The number of hydrogen-bond donors (Lipinski definition) is 1. The third-order valence-corrected chi connectivity index (χ3v) is 4.60. The lowest BCUT2D eigenvalue weighted by molar-refractivity contribution is -0.131. The molecule has 0 bridgehead atoms. The molecule has 0 spiro atoms. The largest absolute Gasteiger partial charge is 0.349 e. The van der Waals surface area contributed by atoms with Crippen molar-refractivity contribution in [3.05, 3.63) is 46.6 Å². The first kappa shape index (κ1) is 22.4. The molecule has 10 heteroatoms. The van der Waals surface area contributed by atoms with Crippen molar-refractivity contribution in [3.63, 3.8) is 0 Å². The first-order valence-corrected chi connectivity index (χ1v) is 9.20. The lowest BCUT2D eigenvalue weighted by Crippen LogP contribution is -2.53. The highest BCUT2D eigenvalue weighted by Gasteiger charge is 2.23. The SMILES string of the molecule is CN=C(NCc1noc(C)n1)N1CCN(C(=O)Cc2cccc(Cl)c2)CC1.I. The molecular weight excluding hydrogens is 495 g/mol. The van der Waals surface area contributed by atoms with Crippen molar-refractivity contribution in [1.29, 1.82) is 0 Å². The van der Waals surface area contributed by atoms with Crippen LogP contribution in [0, 0.1) is 6.92 Å². The van der Waals surface area contributed by atoms with Gasteiger partial charge in [0.25, 0.3) is 0 Å². The van der Waals surface area contributed by atoms with Crippen LogP contribution >= 0.6 is 35.6 Å². The van der Waals surface area contributed by atoms with Crippen LogP contribution in [0.25, 0.3) is 0 Å². The average molecular weight is 519 g/mol. The molecule has 0 saturated carbocycles. The van der Waals surface area contributed by atoms with Crippen molar-refractivity contribution < 1.29 is 9.32 Å². The minimum absolute atomic E-state index is 0. The Hall–Kier alpha value is -1.88. The molecule has 0 radical (unpaired) electrons. The smallest absolute Gasteiger partial charge is 0.227 e. The van der Waals surface area contributed by atoms with Crippen LogP contribution in [-0.2, 0) is 17.8 Å². The van der Waals surface area contributed by atoms with Crippen molar-refractivity contribution in [2.45, 2.75) is 19.9 Å². The summed E-state index contributed by atoms with van der Waals surface area (Å²) in [4.78, 5) is 25.0. The normalized spacial score (nSPS) is 14.6. The Morgan fingerprint density at radius 1 is 1.29 bits per heavy atom. The fourth-order valence-electron chi connectivity index (χ4n) is 3.00. The molecule has 152 valence electrons. The van der Waals surface area contributed by atoms with Gasteiger partial charge in [0.2, 0.25) is 11.8 Å². The van der Waals surface area contributed by atoms with Gasteiger partial charge in [0.1, 0.15) is 0 Å². The van der Waals surface area contributed by atoms with Crippen molar-refractivity contribution in [2.24, 2.45) is 4.99 Å². The zero-order chi connectivity index (χ0) is 19.2. The number of nitrogens with one attached hydrogen (secondary N) is 1. The van der Waals surface area contributed by atoms with Crippen LogP contribution in [0.4, 0.5) is 0 Å². The van der Waals surface area contributed by atoms with Crippen molar-refractivity contribution in [3.8, 4) is 0 Å². The topological polar surface area (TPSA) is 86.9 Å². The van der Waals surface area contributed by atoms with Crippen LogP contribution in [0.15, 0.2) is 33.8 Å². The molecule has 1 aliphatic rings. The third kappa shape index (κ3) is 6.06. The number of halogens is 2. The first-order valence-electron chi connectivity index (χ1n) is 8.82. The van der Waals surface area contributed by atoms with E-state index in [1.54, 1.807) is 14.0 Å². The summed E-state index contributed by atoms with van der Waals surface area (Å²) in [6, 6.07) is 7.43. The van der Waals surface area contributed by atoms with Gasteiger partial charge in [-0.05, 0) is 17.7 Å². The predicted molar refractivity (Wildman–Crippen MR) is 118 cm³/mol. The van der Waals surface area contributed by atoms with Crippen molar-refractivity contribution >= 4 is 47.4 Å². The summed E-state index contributed by atoms with van der Waals surface area (Å²) < 4.78 is 4.97. The summed E-state index contributed by atoms with van der Waals surface area (Å²) in [6.07, 6.45) is 0.366. The van der Waals surface area contributed by atoms with E-state index in [0.29, 0.717) is 55.9 Å². The molecule has 1 aliphatic heterocycles. The first-order chi connectivity index (χ1) is 13.0. The third-order valence-electron chi connectivity index (χ3n) is 4.36. The van der Waals surface area contributed by atoms with Gasteiger partial charge in [-0.25, -0.2) is 0 Å². The number of hydrogen-bond acceptors (Lipinski definition) is 5. The molecule has 2 heterocycles. The van der Waals surface area contributed by atoms with Gasteiger partial charge in [0.15, 0.2) is 11.8 Å². The van der Waals surface area contributed by atoms with Gasteiger partial charge in [-0.15, -0.1) is 24.0 Å². The summed E-state index contributed by atoms with van der Waals surface area (Å²) in [5.41, 5.74) is 0.933. The molecule has 1 aromatic heterocycles. The summed E-state index contributed by atoms with van der Waals surface area (Å²) in [7, 11) is 1.74. The highest BCUT2D eigenvalue weighted by molar-refractivity contribution is 14.0. The maximum atomic E-state index is 12.5. The number of carbonyl (C=O) groups is 1. The number of nitrogens with zero attached hydrogens (tertiary/aromatic N) is 5. The highest BCUT2D eigenvalue weighted by atomic mass is 127. The van der Waals surface area contributed by atoms with E-state index >= 15 is 0 Å². The Morgan fingerprint density at radius 3 is 2.61 bits per heavy atom. The van der Waals surface area contributed by atoms with E-state index in [0.717, 1.165) is 11.5 Å². The second-order valence-electron chi connectivity index (χ2n) is 6.30. The van der Waals surface area contributed by atoms with Gasteiger partial charge >= 0.3 is 0 Å². The Kier molecular flexibility index (Phi) is 8.49. The number of aromatic nitrogens is 2. The fourth-order valence-corrected chi connectivity index (χ4v) is 3.22. The second-order valence-corrected chi connectivity index (χ2v) is 6.74. The molecule has 1 aromatic carbocycles. The second kappa shape index (κ2) is 10.6. The van der Waals surface area contributed by atoms with Crippen LogP contribution in [-0.4, -0.2) is 65.0 Å². The van der Waals surface area contributed by atoms with Crippen LogP contribution in [0.1, 0.15) is 17.3 Å². The lowest BCUT2D eigenvalue weighted by atomic mass is 10.1. The summed E-state index contributed by atoms with van der Waals surface area (Å²) in [5, 5.41) is 7.75. The van der Waals surface area contributed by atoms with Crippen molar-refractivity contribution in [2.75, 3.05) is 33.2 Å². The Labute approximate surface area is 186 Å². The van der Waals surface area contributed by atoms with Crippen LogP contribution < -0.4 is 5.32 Å². The number of guanidine groups is 1. The molecule has 1 amide bonds. The summed E-state index contributed by atoms with van der Waals surface area (Å²) >= 11 is 5.99. The zero-order valence-electron chi connectivity index (χ0n) is 15.9. The standard InChI is InChI=1S/C18H23ClN6O2.HI/c1-13-22-16(23-27-13)12-21-18(20-2)25-8-6-24(7-9-25)17(26)11-14-4-3-5-15(19)10-14;/h3-5,10H,6-9,11-12H2,1-2H3,(H,20,21);1H. The van der Waals surface area contributed by atoms with Gasteiger partial charge in [0, 0.05) is 45.2 Å². The van der Waals surface area contributed by atoms with E-state index in [1.165, 1.54) is 0 Å². The summed E-state index contributed by atoms with van der Waals surface area (Å²) in [6.45, 7) is 4.93. The maximum Gasteiger partial charge on any atom is 0.227 e. The van der Waals surface area contributed by atoms with Gasteiger partial charge in [0.05, 0.1) is 13.0 Å². The van der Waals surface area contributed by atoms with E-state index < -0.39 is 0 Å². The maximum absolute atomic E-state index is 12.5. The van der Waals surface area contributed by atoms with E-state index in [2.05, 4.69) is 25.3 Å². The van der Waals surface area contributed by atoms with E-state index in [1.807, 2.05) is 29.2 Å². The number of rotatable bonds is 4. The molecule has 0 unspecified atom stereocenters. The average Bonchev–Trinajstić information content (AvgIpc) is 3.08. The molecule has 2 aromatic rings. The van der Waals surface area contributed by atoms with E-state index in [9.17, 15) is 4.79 Å². The molecule has 3 rings (SSSR count). The Bertz CT molecular complexity index is 820. The number of aliphatic imine (C=N–C) groups is 1. The molecule has 28 heavy (non-hydrogen) atoms. The van der Waals surface area contributed by atoms with Gasteiger partial charge in [-0.3, -0.25) is 9.79 Å². The Balaban J connectivity index is 0.00000280. The van der Waals surface area contributed by atoms with Crippen molar-refractivity contribution in [1.82, 2.24) is 25.3 Å². The molecule has 1 fully saturated rings. The Morgan fingerprint density at radius 2 is 2.00 bits per heavy atom.